The zero-order valence-electron chi connectivity index (χ0n) is 13.7. The van der Waals surface area contributed by atoms with Gasteiger partial charge in [-0.05, 0) is 49.9 Å². The van der Waals surface area contributed by atoms with Gasteiger partial charge in [-0.25, -0.2) is 4.79 Å². The molecule has 3 aliphatic rings. The van der Waals surface area contributed by atoms with E-state index in [1.54, 1.807) is 0 Å². The Hall–Kier alpha value is -1.91. The van der Waals surface area contributed by atoms with Crippen molar-refractivity contribution in [2.45, 2.75) is 31.7 Å². The number of carbonyl (C=O) groups excluding carboxylic acids is 1. The van der Waals surface area contributed by atoms with Crippen molar-refractivity contribution in [2.24, 2.45) is 0 Å². The second kappa shape index (κ2) is 6.30. The molecule has 2 heterocycles. The van der Waals surface area contributed by atoms with Gasteiger partial charge in [0.15, 0.2) is 0 Å². The molecule has 1 aliphatic carbocycles. The van der Waals surface area contributed by atoms with E-state index in [0.717, 1.165) is 39.0 Å². The predicted molar refractivity (Wildman–Crippen MR) is 93.2 cm³/mol. The summed E-state index contributed by atoms with van der Waals surface area (Å²) in [6.45, 7) is 5.84. The number of amides is 2. The van der Waals surface area contributed by atoms with E-state index < -0.39 is 0 Å². The van der Waals surface area contributed by atoms with E-state index in [1.165, 1.54) is 37.3 Å². The molecule has 2 aliphatic heterocycles. The average molecular weight is 314 g/mol. The van der Waals surface area contributed by atoms with E-state index >= 15 is 0 Å². The van der Waals surface area contributed by atoms with E-state index in [1.807, 2.05) is 4.90 Å². The summed E-state index contributed by atoms with van der Waals surface area (Å²) in [6.07, 6.45) is 4.92. The Kier molecular flexibility index (Phi) is 4.02. The summed E-state index contributed by atoms with van der Waals surface area (Å²) in [4.78, 5) is 18.9. The minimum Gasteiger partial charge on any atom is -0.372 e. The lowest BCUT2D eigenvalue weighted by atomic mass is 10.2. The number of anilines is 2. The summed E-state index contributed by atoms with van der Waals surface area (Å²) < 4.78 is 0. The molecule has 5 nitrogen and oxygen atoms in total. The number of hydrogen-bond acceptors (Lipinski definition) is 3. The number of nitrogens with one attached hydrogen (secondary N) is 1. The van der Waals surface area contributed by atoms with Gasteiger partial charge in [0, 0.05) is 56.7 Å². The topological polar surface area (TPSA) is 38.8 Å². The summed E-state index contributed by atoms with van der Waals surface area (Å²) in [6, 6.07) is 9.51. The van der Waals surface area contributed by atoms with Crippen molar-refractivity contribution in [3.8, 4) is 0 Å². The first-order valence-corrected chi connectivity index (χ1v) is 8.95. The number of piperazine rings is 1. The predicted octanol–water partition coefficient (Wildman–Crippen LogP) is 2.28. The van der Waals surface area contributed by atoms with Crippen molar-refractivity contribution in [3.63, 3.8) is 0 Å². The molecule has 4 rings (SSSR count). The Labute approximate surface area is 138 Å². The maximum atomic E-state index is 12.1. The second-order valence-electron chi connectivity index (χ2n) is 6.91. The highest BCUT2D eigenvalue weighted by molar-refractivity contribution is 5.75. The Balaban J connectivity index is 1.31. The molecule has 3 fully saturated rings. The smallest absolute Gasteiger partial charge is 0.317 e. The Morgan fingerprint density at radius 1 is 0.826 bits per heavy atom. The van der Waals surface area contributed by atoms with E-state index in [9.17, 15) is 4.79 Å². The Morgan fingerprint density at radius 3 is 1.87 bits per heavy atom. The van der Waals surface area contributed by atoms with Gasteiger partial charge in [-0.2, -0.15) is 0 Å². The van der Waals surface area contributed by atoms with Crippen LogP contribution in [-0.2, 0) is 0 Å². The minimum absolute atomic E-state index is 0.122. The lowest BCUT2D eigenvalue weighted by Gasteiger charge is -2.36. The maximum absolute atomic E-state index is 12.1. The molecule has 1 saturated carbocycles. The fourth-order valence-electron chi connectivity index (χ4n) is 3.51. The first-order chi connectivity index (χ1) is 11.3. The molecule has 0 unspecified atom stereocenters. The lowest BCUT2D eigenvalue weighted by molar-refractivity contribution is 0.194. The third-order valence-electron chi connectivity index (χ3n) is 5.16. The van der Waals surface area contributed by atoms with Crippen molar-refractivity contribution in [3.05, 3.63) is 24.3 Å². The van der Waals surface area contributed by atoms with E-state index in [2.05, 4.69) is 39.4 Å². The Morgan fingerprint density at radius 2 is 1.35 bits per heavy atom. The highest BCUT2D eigenvalue weighted by Crippen LogP contribution is 2.25. The number of carbonyl (C=O) groups is 1. The van der Waals surface area contributed by atoms with Crippen LogP contribution in [-0.4, -0.2) is 56.2 Å². The van der Waals surface area contributed by atoms with Crippen LogP contribution in [0.3, 0.4) is 0 Å². The largest absolute Gasteiger partial charge is 0.372 e. The molecule has 124 valence electrons. The highest BCUT2D eigenvalue weighted by atomic mass is 16.2. The number of urea groups is 1. The van der Waals surface area contributed by atoms with Gasteiger partial charge in [0.05, 0.1) is 0 Å². The van der Waals surface area contributed by atoms with Crippen molar-refractivity contribution in [1.82, 2.24) is 10.2 Å². The van der Waals surface area contributed by atoms with Gasteiger partial charge in [-0.1, -0.05) is 0 Å². The van der Waals surface area contributed by atoms with Crippen LogP contribution >= 0.6 is 0 Å². The Bertz CT molecular complexity index is 541. The molecular weight excluding hydrogens is 288 g/mol. The van der Waals surface area contributed by atoms with E-state index in [4.69, 9.17) is 0 Å². The van der Waals surface area contributed by atoms with Gasteiger partial charge < -0.3 is 20.0 Å². The van der Waals surface area contributed by atoms with Gasteiger partial charge in [0.1, 0.15) is 0 Å². The van der Waals surface area contributed by atoms with Crippen LogP contribution in [0.5, 0.6) is 0 Å². The average Bonchev–Trinajstić information content (AvgIpc) is 3.24. The summed E-state index contributed by atoms with van der Waals surface area (Å²) in [5.74, 6) is 0. The molecule has 1 aromatic carbocycles. The number of rotatable bonds is 3. The molecule has 0 radical (unpaired) electrons. The molecule has 0 aromatic heterocycles. The highest BCUT2D eigenvalue weighted by Gasteiger charge is 2.27. The van der Waals surface area contributed by atoms with Crippen LogP contribution in [0.4, 0.5) is 16.2 Å². The van der Waals surface area contributed by atoms with E-state index in [-0.39, 0.29) is 6.03 Å². The van der Waals surface area contributed by atoms with Crippen LogP contribution in [0.2, 0.25) is 0 Å². The van der Waals surface area contributed by atoms with Crippen LogP contribution < -0.4 is 15.1 Å². The van der Waals surface area contributed by atoms with Crippen LogP contribution in [0.1, 0.15) is 25.7 Å². The fraction of sp³-hybridized carbons (Fsp3) is 0.611. The third-order valence-corrected chi connectivity index (χ3v) is 5.16. The molecule has 0 atom stereocenters. The number of hydrogen-bond donors (Lipinski definition) is 1. The molecule has 2 amide bonds. The minimum atomic E-state index is 0.122. The molecule has 5 heteroatoms. The molecular formula is C18H26N4O. The van der Waals surface area contributed by atoms with Crippen LogP contribution in [0.15, 0.2) is 24.3 Å². The quantitative estimate of drug-likeness (QED) is 0.930. The maximum Gasteiger partial charge on any atom is 0.317 e. The zero-order valence-corrected chi connectivity index (χ0v) is 13.7. The van der Waals surface area contributed by atoms with Gasteiger partial charge in [-0.3, -0.25) is 0 Å². The summed E-state index contributed by atoms with van der Waals surface area (Å²) in [5.41, 5.74) is 2.61. The summed E-state index contributed by atoms with van der Waals surface area (Å²) >= 11 is 0. The van der Waals surface area contributed by atoms with Crippen molar-refractivity contribution >= 4 is 17.4 Å². The molecule has 2 saturated heterocycles. The van der Waals surface area contributed by atoms with Crippen molar-refractivity contribution in [1.29, 1.82) is 0 Å². The normalized spacial score (nSPS) is 21.7. The molecule has 0 bridgehead atoms. The van der Waals surface area contributed by atoms with Gasteiger partial charge in [-0.15, -0.1) is 0 Å². The molecule has 1 aromatic rings. The SMILES string of the molecule is O=C(NC1CC1)N1CCN(c2ccc(N3CCCC3)cc2)CC1. The number of nitrogens with zero attached hydrogens (tertiary/aromatic N) is 3. The van der Waals surface area contributed by atoms with Gasteiger partial charge >= 0.3 is 6.03 Å². The number of benzene rings is 1. The molecule has 0 spiro atoms. The molecule has 1 N–H and O–H groups in total. The van der Waals surface area contributed by atoms with Crippen LogP contribution in [0.25, 0.3) is 0 Å². The molecule has 23 heavy (non-hydrogen) atoms. The first kappa shape index (κ1) is 14.7. The lowest BCUT2D eigenvalue weighted by Crippen LogP contribution is -2.52. The third kappa shape index (κ3) is 3.38. The van der Waals surface area contributed by atoms with Gasteiger partial charge in [0.25, 0.3) is 0 Å². The van der Waals surface area contributed by atoms with Crippen molar-refractivity contribution < 1.29 is 4.79 Å². The first-order valence-electron chi connectivity index (χ1n) is 8.95. The van der Waals surface area contributed by atoms with Gasteiger partial charge in [0.2, 0.25) is 0 Å². The van der Waals surface area contributed by atoms with Crippen LogP contribution in [0, 0.1) is 0 Å². The summed E-state index contributed by atoms with van der Waals surface area (Å²) in [5, 5.41) is 3.08. The monoisotopic (exact) mass is 314 g/mol. The fourth-order valence-corrected chi connectivity index (χ4v) is 3.51. The van der Waals surface area contributed by atoms with E-state index in [0.29, 0.717) is 6.04 Å². The standard InChI is InChI=1S/C18H26N4O/c23-18(19-15-3-4-15)22-13-11-21(12-14-22)17-7-5-16(6-8-17)20-9-1-2-10-20/h5-8,15H,1-4,9-14H2,(H,19,23). The summed E-state index contributed by atoms with van der Waals surface area (Å²) in [7, 11) is 0. The zero-order chi connectivity index (χ0) is 15.6. The second-order valence-corrected chi connectivity index (χ2v) is 6.91. The van der Waals surface area contributed by atoms with Crippen molar-refractivity contribution in [2.75, 3.05) is 49.1 Å².